The molecule has 5 nitrogen and oxygen atoms in total. The van der Waals surface area contributed by atoms with Crippen molar-refractivity contribution in [2.45, 2.75) is 12.8 Å². The Morgan fingerprint density at radius 3 is 2.48 bits per heavy atom. The number of aromatic nitrogens is 2. The van der Waals surface area contributed by atoms with Crippen molar-refractivity contribution in [1.82, 2.24) is 9.97 Å². The number of halogens is 1. The van der Waals surface area contributed by atoms with Crippen LogP contribution in [-0.4, -0.2) is 29.0 Å². The van der Waals surface area contributed by atoms with Crippen LogP contribution < -0.4 is 10.2 Å². The van der Waals surface area contributed by atoms with Crippen LogP contribution in [0.15, 0.2) is 36.7 Å². The highest BCUT2D eigenvalue weighted by molar-refractivity contribution is 14.1. The van der Waals surface area contributed by atoms with Crippen LogP contribution in [0.3, 0.4) is 0 Å². The van der Waals surface area contributed by atoms with Gasteiger partial charge in [-0.3, -0.25) is 4.79 Å². The maximum Gasteiger partial charge on any atom is 0.256 e. The summed E-state index contributed by atoms with van der Waals surface area (Å²) in [5, 5.41) is 2.83. The molecule has 1 aromatic heterocycles. The molecule has 108 valence electrons. The maximum atomic E-state index is 12.2. The number of amides is 1. The molecule has 1 N–H and O–H groups in total. The Labute approximate surface area is 136 Å². The first-order valence-corrected chi connectivity index (χ1v) is 7.95. The molecule has 1 amide bonds. The van der Waals surface area contributed by atoms with Crippen molar-refractivity contribution >= 4 is 40.1 Å². The number of anilines is 2. The zero-order chi connectivity index (χ0) is 14.7. The molecule has 1 saturated heterocycles. The number of hydrogen-bond donors (Lipinski definition) is 1. The van der Waals surface area contributed by atoms with Gasteiger partial charge in [-0.15, -0.1) is 0 Å². The van der Waals surface area contributed by atoms with E-state index >= 15 is 0 Å². The van der Waals surface area contributed by atoms with Crippen LogP contribution in [-0.2, 0) is 0 Å². The molecule has 1 aliphatic heterocycles. The van der Waals surface area contributed by atoms with Gasteiger partial charge >= 0.3 is 0 Å². The van der Waals surface area contributed by atoms with E-state index in [0.717, 1.165) is 22.6 Å². The summed E-state index contributed by atoms with van der Waals surface area (Å²) < 4.78 is 0.919. The lowest BCUT2D eigenvalue weighted by Crippen LogP contribution is -2.20. The number of carbonyl (C=O) groups is 1. The monoisotopic (exact) mass is 394 g/mol. The minimum Gasteiger partial charge on any atom is -0.341 e. The summed E-state index contributed by atoms with van der Waals surface area (Å²) in [4.78, 5) is 23.0. The third-order valence-corrected chi connectivity index (χ3v) is 4.34. The first kappa shape index (κ1) is 14.2. The van der Waals surface area contributed by atoms with Gasteiger partial charge in [0.25, 0.3) is 5.91 Å². The van der Waals surface area contributed by atoms with Crippen LogP contribution in [0.4, 0.5) is 11.6 Å². The second-order valence-electron chi connectivity index (χ2n) is 4.90. The minimum absolute atomic E-state index is 0.141. The smallest absolute Gasteiger partial charge is 0.256 e. The number of hydrogen-bond acceptors (Lipinski definition) is 4. The lowest BCUT2D eigenvalue weighted by atomic mass is 10.2. The van der Waals surface area contributed by atoms with Gasteiger partial charge in [-0.05, 0) is 47.6 Å². The van der Waals surface area contributed by atoms with Gasteiger partial charge < -0.3 is 10.2 Å². The topological polar surface area (TPSA) is 58.1 Å². The minimum atomic E-state index is -0.141. The van der Waals surface area contributed by atoms with E-state index in [4.69, 9.17) is 0 Å². The molecule has 0 atom stereocenters. The Bertz CT molecular complexity index is 638. The molecule has 2 heterocycles. The first-order chi connectivity index (χ1) is 10.2. The molecule has 0 aliphatic carbocycles. The van der Waals surface area contributed by atoms with Crippen molar-refractivity contribution in [2.75, 3.05) is 23.3 Å². The fourth-order valence-electron chi connectivity index (χ4n) is 2.31. The molecular weight excluding hydrogens is 379 g/mol. The number of benzene rings is 1. The average Bonchev–Trinajstić information content (AvgIpc) is 3.02. The lowest BCUT2D eigenvalue weighted by molar-refractivity contribution is 0.102. The summed E-state index contributed by atoms with van der Waals surface area (Å²) in [7, 11) is 0. The van der Waals surface area contributed by atoms with Crippen LogP contribution >= 0.6 is 22.6 Å². The van der Waals surface area contributed by atoms with Gasteiger partial charge in [0.1, 0.15) is 0 Å². The number of nitrogens with zero attached hydrogens (tertiary/aromatic N) is 3. The second-order valence-corrected chi connectivity index (χ2v) is 6.06. The molecule has 3 rings (SSSR count). The summed E-state index contributed by atoms with van der Waals surface area (Å²) in [6, 6.07) is 7.47. The zero-order valence-corrected chi connectivity index (χ0v) is 13.6. The van der Waals surface area contributed by atoms with E-state index in [1.54, 1.807) is 18.5 Å². The van der Waals surface area contributed by atoms with Crippen LogP contribution in [0.1, 0.15) is 23.2 Å². The summed E-state index contributed by atoms with van der Waals surface area (Å²) >= 11 is 2.15. The van der Waals surface area contributed by atoms with Crippen LogP contribution in [0.25, 0.3) is 0 Å². The second kappa shape index (κ2) is 6.38. The Balaban J connectivity index is 1.70. The number of carbonyl (C=O) groups excluding carboxylic acids is 1. The third-order valence-electron chi connectivity index (χ3n) is 3.40. The predicted octanol–water partition coefficient (Wildman–Crippen LogP) is 2.93. The van der Waals surface area contributed by atoms with Gasteiger partial charge in [0.15, 0.2) is 0 Å². The molecule has 21 heavy (non-hydrogen) atoms. The fraction of sp³-hybridized carbons (Fsp3) is 0.267. The summed E-state index contributed by atoms with van der Waals surface area (Å²) in [6.45, 7) is 2.02. The zero-order valence-electron chi connectivity index (χ0n) is 11.4. The highest BCUT2D eigenvalue weighted by atomic mass is 127. The van der Waals surface area contributed by atoms with Crippen molar-refractivity contribution < 1.29 is 4.79 Å². The summed E-state index contributed by atoms with van der Waals surface area (Å²) in [5.74, 6) is 0.595. The van der Waals surface area contributed by atoms with E-state index < -0.39 is 0 Å². The Morgan fingerprint density at radius 2 is 1.81 bits per heavy atom. The molecule has 0 unspecified atom stereocenters. The molecule has 1 aromatic carbocycles. The Kier molecular flexibility index (Phi) is 4.33. The van der Waals surface area contributed by atoms with E-state index in [9.17, 15) is 4.79 Å². The molecule has 2 aromatic rings. The van der Waals surface area contributed by atoms with Crippen LogP contribution in [0.5, 0.6) is 0 Å². The molecule has 0 saturated carbocycles. The molecule has 0 bridgehead atoms. The number of rotatable bonds is 3. The highest BCUT2D eigenvalue weighted by Crippen LogP contribution is 2.17. The van der Waals surface area contributed by atoms with E-state index in [0.29, 0.717) is 11.3 Å². The van der Waals surface area contributed by atoms with Crippen molar-refractivity contribution in [3.05, 3.63) is 45.8 Å². The predicted molar refractivity (Wildman–Crippen MR) is 90.6 cm³/mol. The van der Waals surface area contributed by atoms with Crippen molar-refractivity contribution in [2.24, 2.45) is 0 Å². The summed E-state index contributed by atoms with van der Waals surface area (Å²) in [5.41, 5.74) is 1.27. The van der Waals surface area contributed by atoms with Gasteiger partial charge in [0, 0.05) is 16.7 Å². The van der Waals surface area contributed by atoms with Crippen LogP contribution in [0, 0.1) is 3.57 Å². The Morgan fingerprint density at radius 1 is 1.14 bits per heavy atom. The molecular formula is C15H15IN4O. The highest BCUT2D eigenvalue weighted by Gasteiger charge is 2.15. The Hall–Kier alpha value is -1.70. The van der Waals surface area contributed by atoms with Crippen molar-refractivity contribution in [1.29, 1.82) is 0 Å². The fourth-order valence-corrected chi connectivity index (χ4v) is 2.94. The average molecular weight is 394 g/mol. The first-order valence-electron chi connectivity index (χ1n) is 6.87. The largest absolute Gasteiger partial charge is 0.341 e. The molecule has 1 aliphatic rings. The van der Waals surface area contributed by atoms with E-state index in [1.165, 1.54) is 12.8 Å². The molecule has 0 radical (unpaired) electrons. The molecule has 6 heteroatoms. The van der Waals surface area contributed by atoms with Gasteiger partial charge in [-0.25, -0.2) is 9.97 Å². The van der Waals surface area contributed by atoms with E-state index in [2.05, 4.69) is 42.8 Å². The van der Waals surface area contributed by atoms with Crippen molar-refractivity contribution in [3.8, 4) is 0 Å². The standard InChI is InChI=1S/C15H15IN4O/c16-13-6-2-1-5-12(13)14(21)19-11-9-17-15(18-10-11)20-7-3-4-8-20/h1-2,5-6,9-10H,3-4,7-8H2,(H,19,21). The lowest BCUT2D eigenvalue weighted by Gasteiger charge is -2.14. The summed E-state index contributed by atoms with van der Waals surface area (Å²) in [6.07, 6.45) is 5.70. The molecule has 1 fully saturated rings. The quantitative estimate of drug-likeness (QED) is 0.814. The van der Waals surface area contributed by atoms with Gasteiger partial charge in [0.05, 0.1) is 23.6 Å². The molecule has 0 spiro atoms. The maximum absolute atomic E-state index is 12.2. The third kappa shape index (κ3) is 3.31. The van der Waals surface area contributed by atoms with Gasteiger partial charge in [-0.2, -0.15) is 0 Å². The van der Waals surface area contributed by atoms with Gasteiger partial charge in [0.2, 0.25) is 5.95 Å². The SMILES string of the molecule is O=C(Nc1cnc(N2CCCC2)nc1)c1ccccc1I. The van der Waals surface area contributed by atoms with E-state index in [-0.39, 0.29) is 5.91 Å². The number of nitrogens with one attached hydrogen (secondary N) is 1. The van der Waals surface area contributed by atoms with Crippen LogP contribution in [0.2, 0.25) is 0 Å². The van der Waals surface area contributed by atoms with E-state index in [1.807, 2.05) is 18.2 Å². The van der Waals surface area contributed by atoms with Crippen molar-refractivity contribution in [3.63, 3.8) is 0 Å². The normalized spacial score (nSPS) is 14.2. The van der Waals surface area contributed by atoms with Gasteiger partial charge in [-0.1, -0.05) is 12.1 Å².